The van der Waals surface area contributed by atoms with Gasteiger partial charge in [-0.1, -0.05) is 24.3 Å². The molecule has 1 aromatic heterocycles. The summed E-state index contributed by atoms with van der Waals surface area (Å²) < 4.78 is 5.61. The quantitative estimate of drug-likeness (QED) is 0.916. The van der Waals surface area contributed by atoms with Gasteiger partial charge in [0.05, 0.1) is 6.54 Å². The zero-order chi connectivity index (χ0) is 17.3. The van der Waals surface area contributed by atoms with E-state index in [-0.39, 0.29) is 18.8 Å². The van der Waals surface area contributed by atoms with E-state index in [4.69, 9.17) is 4.74 Å². The van der Waals surface area contributed by atoms with Gasteiger partial charge in [-0.05, 0) is 31.5 Å². The van der Waals surface area contributed by atoms with Gasteiger partial charge in [0.1, 0.15) is 18.1 Å². The maximum Gasteiger partial charge on any atom is 0.331 e. The molecular weight excluding hydrogens is 308 g/mol. The molecule has 24 heavy (non-hydrogen) atoms. The van der Waals surface area contributed by atoms with Crippen LogP contribution in [0.25, 0.3) is 0 Å². The summed E-state index contributed by atoms with van der Waals surface area (Å²) in [5.74, 6) is -1.01. The van der Waals surface area contributed by atoms with E-state index in [0.29, 0.717) is 11.3 Å². The van der Waals surface area contributed by atoms with Crippen molar-refractivity contribution in [1.82, 2.24) is 9.88 Å². The Morgan fingerprint density at radius 1 is 1.21 bits per heavy atom. The number of benzene rings is 1. The number of aryl methyl sites for hydroxylation is 2. The topological polar surface area (TPSA) is 79.7 Å². The standard InChI is InChI=1S/C18H18N2O4/c1-11-7-8-14(19-12(11)2)17(21)20-9-10-24-15-6-4-3-5-13(15)16(20)18(22)23/h3-8,16H,9-10H2,1-2H3,(H,22,23). The molecule has 0 aliphatic carbocycles. The number of amides is 1. The Morgan fingerprint density at radius 2 is 1.96 bits per heavy atom. The Morgan fingerprint density at radius 3 is 2.67 bits per heavy atom. The third-order valence-electron chi connectivity index (χ3n) is 4.18. The first kappa shape index (κ1) is 16.0. The fourth-order valence-electron chi connectivity index (χ4n) is 2.77. The first-order chi connectivity index (χ1) is 11.5. The van der Waals surface area contributed by atoms with Gasteiger partial charge in [0, 0.05) is 11.3 Å². The van der Waals surface area contributed by atoms with E-state index in [0.717, 1.165) is 11.3 Å². The van der Waals surface area contributed by atoms with E-state index >= 15 is 0 Å². The van der Waals surface area contributed by atoms with Gasteiger partial charge in [0.2, 0.25) is 0 Å². The molecule has 0 saturated heterocycles. The number of carboxylic acids is 1. The van der Waals surface area contributed by atoms with Crippen molar-refractivity contribution in [2.75, 3.05) is 13.2 Å². The molecule has 1 amide bonds. The third-order valence-corrected chi connectivity index (χ3v) is 4.18. The van der Waals surface area contributed by atoms with Gasteiger partial charge >= 0.3 is 5.97 Å². The van der Waals surface area contributed by atoms with Gasteiger partial charge in [-0.3, -0.25) is 4.79 Å². The second-order valence-electron chi connectivity index (χ2n) is 5.72. The highest BCUT2D eigenvalue weighted by molar-refractivity contribution is 5.95. The Bertz CT molecular complexity index is 803. The number of aromatic nitrogens is 1. The summed E-state index contributed by atoms with van der Waals surface area (Å²) in [5.41, 5.74) is 2.44. The molecule has 0 radical (unpaired) electrons. The number of carboxylic acid groups (broad SMARTS) is 1. The Kier molecular flexibility index (Phi) is 4.20. The van der Waals surface area contributed by atoms with Crippen LogP contribution in [0.3, 0.4) is 0 Å². The van der Waals surface area contributed by atoms with E-state index in [9.17, 15) is 14.7 Å². The highest BCUT2D eigenvalue weighted by Crippen LogP contribution is 2.32. The van der Waals surface area contributed by atoms with Crippen molar-refractivity contribution in [3.8, 4) is 5.75 Å². The van der Waals surface area contributed by atoms with E-state index in [1.54, 1.807) is 30.3 Å². The van der Waals surface area contributed by atoms with Crippen LogP contribution in [0, 0.1) is 13.8 Å². The minimum absolute atomic E-state index is 0.180. The predicted octanol–water partition coefficient (Wildman–Crippen LogP) is 2.36. The highest BCUT2D eigenvalue weighted by Gasteiger charge is 2.36. The van der Waals surface area contributed by atoms with Crippen molar-refractivity contribution in [1.29, 1.82) is 0 Å². The lowest BCUT2D eigenvalue weighted by Crippen LogP contribution is -2.40. The average Bonchev–Trinajstić information content (AvgIpc) is 2.76. The minimum Gasteiger partial charge on any atom is -0.491 e. The largest absolute Gasteiger partial charge is 0.491 e. The van der Waals surface area contributed by atoms with Crippen LogP contribution in [0.2, 0.25) is 0 Å². The fraction of sp³-hybridized carbons (Fsp3) is 0.278. The second-order valence-corrected chi connectivity index (χ2v) is 5.72. The molecule has 1 aliphatic rings. The van der Waals surface area contributed by atoms with E-state index in [1.807, 2.05) is 19.9 Å². The molecule has 6 heteroatoms. The Labute approximate surface area is 139 Å². The molecule has 1 aliphatic heterocycles. The molecular formula is C18H18N2O4. The van der Waals surface area contributed by atoms with Crippen molar-refractivity contribution in [2.45, 2.75) is 19.9 Å². The van der Waals surface area contributed by atoms with Gasteiger partial charge in [-0.15, -0.1) is 0 Å². The zero-order valence-corrected chi connectivity index (χ0v) is 13.5. The van der Waals surface area contributed by atoms with E-state index in [1.165, 1.54) is 4.90 Å². The van der Waals surface area contributed by atoms with Crippen LogP contribution in [-0.2, 0) is 4.79 Å². The van der Waals surface area contributed by atoms with Crippen LogP contribution in [-0.4, -0.2) is 40.0 Å². The van der Waals surface area contributed by atoms with Crippen LogP contribution < -0.4 is 4.74 Å². The summed E-state index contributed by atoms with van der Waals surface area (Å²) in [6.45, 7) is 4.14. The third kappa shape index (κ3) is 2.82. The summed E-state index contributed by atoms with van der Waals surface area (Å²) in [6.07, 6.45) is 0. The number of ether oxygens (including phenoxy) is 1. The molecule has 1 aromatic carbocycles. The molecule has 1 atom stereocenters. The predicted molar refractivity (Wildman–Crippen MR) is 87.1 cm³/mol. The summed E-state index contributed by atoms with van der Waals surface area (Å²) in [6, 6.07) is 9.25. The molecule has 0 bridgehead atoms. The molecule has 0 fully saturated rings. The van der Waals surface area contributed by atoms with Gasteiger partial charge in [0.15, 0.2) is 6.04 Å². The molecule has 6 nitrogen and oxygen atoms in total. The van der Waals surface area contributed by atoms with Crippen molar-refractivity contribution in [2.24, 2.45) is 0 Å². The average molecular weight is 326 g/mol. The number of hydrogen-bond acceptors (Lipinski definition) is 4. The lowest BCUT2D eigenvalue weighted by Gasteiger charge is -2.26. The smallest absolute Gasteiger partial charge is 0.331 e. The number of para-hydroxylation sites is 1. The molecule has 2 aromatic rings. The second kappa shape index (κ2) is 6.31. The summed E-state index contributed by atoms with van der Waals surface area (Å²) >= 11 is 0. The first-order valence-corrected chi connectivity index (χ1v) is 7.69. The molecule has 3 rings (SSSR count). The van der Waals surface area contributed by atoms with Crippen molar-refractivity contribution in [3.63, 3.8) is 0 Å². The lowest BCUT2D eigenvalue weighted by molar-refractivity contribution is -0.142. The van der Waals surface area contributed by atoms with Gasteiger partial charge in [-0.25, -0.2) is 9.78 Å². The number of carbonyl (C=O) groups excluding carboxylic acids is 1. The van der Waals surface area contributed by atoms with Crippen LogP contribution in [0.1, 0.15) is 33.4 Å². The molecule has 1 unspecified atom stereocenters. The van der Waals surface area contributed by atoms with Gasteiger partial charge < -0.3 is 14.7 Å². The SMILES string of the molecule is Cc1ccc(C(=O)N2CCOc3ccccc3C2C(=O)O)nc1C. The summed E-state index contributed by atoms with van der Waals surface area (Å²) in [7, 11) is 0. The number of hydrogen-bond donors (Lipinski definition) is 1. The minimum atomic E-state index is -1.10. The Balaban J connectivity index is 2.03. The molecule has 124 valence electrons. The van der Waals surface area contributed by atoms with Crippen LogP contribution in [0.4, 0.5) is 0 Å². The monoisotopic (exact) mass is 326 g/mol. The number of aliphatic carboxylic acids is 1. The zero-order valence-electron chi connectivity index (χ0n) is 13.5. The number of pyridine rings is 1. The maximum atomic E-state index is 12.9. The van der Waals surface area contributed by atoms with Crippen molar-refractivity contribution < 1.29 is 19.4 Å². The first-order valence-electron chi connectivity index (χ1n) is 7.69. The molecule has 2 heterocycles. The maximum absolute atomic E-state index is 12.9. The van der Waals surface area contributed by atoms with Crippen LogP contribution in [0.15, 0.2) is 36.4 Å². The molecule has 0 saturated carbocycles. The number of rotatable bonds is 2. The number of nitrogens with zero attached hydrogens (tertiary/aromatic N) is 2. The highest BCUT2D eigenvalue weighted by atomic mass is 16.5. The van der Waals surface area contributed by atoms with E-state index < -0.39 is 17.9 Å². The molecule has 0 spiro atoms. The summed E-state index contributed by atoms with van der Waals surface area (Å²) in [4.78, 5) is 30.4. The lowest BCUT2D eigenvalue weighted by atomic mass is 10.0. The fourth-order valence-corrected chi connectivity index (χ4v) is 2.77. The number of carbonyl (C=O) groups is 2. The van der Waals surface area contributed by atoms with Crippen LogP contribution in [0.5, 0.6) is 5.75 Å². The normalized spacial score (nSPS) is 16.8. The summed E-state index contributed by atoms with van der Waals surface area (Å²) in [5, 5.41) is 9.71. The molecule has 1 N–H and O–H groups in total. The number of fused-ring (bicyclic) bond motifs is 1. The van der Waals surface area contributed by atoms with E-state index in [2.05, 4.69) is 4.98 Å². The van der Waals surface area contributed by atoms with Gasteiger partial charge in [0.25, 0.3) is 5.91 Å². The van der Waals surface area contributed by atoms with Gasteiger partial charge in [-0.2, -0.15) is 0 Å². The van der Waals surface area contributed by atoms with Crippen LogP contribution >= 0.6 is 0 Å². The van der Waals surface area contributed by atoms with Crippen molar-refractivity contribution >= 4 is 11.9 Å². The van der Waals surface area contributed by atoms with Crippen molar-refractivity contribution in [3.05, 3.63) is 58.9 Å². The Hall–Kier alpha value is -2.89.